The van der Waals surface area contributed by atoms with E-state index in [1.54, 1.807) is 0 Å². The van der Waals surface area contributed by atoms with Crippen LogP contribution >= 0.6 is 0 Å². The van der Waals surface area contributed by atoms with E-state index in [4.69, 9.17) is 4.98 Å². The van der Waals surface area contributed by atoms with Crippen molar-refractivity contribution in [2.75, 3.05) is 11.4 Å². The van der Waals surface area contributed by atoms with Crippen LogP contribution in [0.25, 0.3) is 22.2 Å². The van der Waals surface area contributed by atoms with E-state index in [0.29, 0.717) is 12.1 Å². The first-order valence-corrected chi connectivity index (χ1v) is 9.92. The van der Waals surface area contributed by atoms with Crippen LogP contribution in [-0.4, -0.2) is 16.5 Å². The van der Waals surface area contributed by atoms with Gasteiger partial charge in [-0.1, -0.05) is 48.5 Å². The van der Waals surface area contributed by atoms with Gasteiger partial charge in [0.25, 0.3) is 0 Å². The number of benzene rings is 3. The molecule has 144 valence electrons. The molecule has 0 saturated heterocycles. The van der Waals surface area contributed by atoms with Crippen LogP contribution in [0.5, 0.6) is 0 Å². The smallest absolute Gasteiger partial charge is 0.139 e. The highest BCUT2D eigenvalue weighted by Crippen LogP contribution is 2.32. The second-order valence-electron chi connectivity index (χ2n) is 7.43. The summed E-state index contributed by atoms with van der Waals surface area (Å²) in [4.78, 5) is 10.5. The third-order valence-electron chi connectivity index (χ3n) is 5.43. The molecule has 30 heavy (non-hydrogen) atoms. The zero-order chi connectivity index (χ0) is 20.5. The molecule has 4 heteroatoms. The molecule has 1 aromatic heterocycles. The lowest BCUT2D eigenvalue weighted by Gasteiger charge is -2.27. The van der Waals surface area contributed by atoms with Crippen LogP contribution in [-0.2, 0) is 0 Å². The summed E-state index contributed by atoms with van der Waals surface area (Å²) in [5, 5.41) is 9.62. The zero-order valence-electron chi connectivity index (χ0n) is 16.6. The predicted molar refractivity (Wildman–Crippen MR) is 122 cm³/mol. The van der Waals surface area contributed by atoms with Crippen LogP contribution in [0.1, 0.15) is 22.5 Å². The molecule has 2 heterocycles. The van der Waals surface area contributed by atoms with E-state index in [2.05, 4.69) is 53.4 Å². The van der Waals surface area contributed by atoms with E-state index >= 15 is 0 Å². The molecular weight excluding hydrogens is 368 g/mol. The molecule has 1 aliphatic heterocycles. The Hall–Kier alpha value is -4.10. The Morgan fingerprint density at radius 1 is 0.967 bits per heavy atom. The van der Waals surface area contributed by atoms with Gasteiger partial charge in [-0.15, -0.1) is 0 Å². The first kappa shape index (κ1) is 18.0. The Morgan fingerprint density at radius 3 is 2.57 bits per heavy atom. The number of nitriles is 1. The average molecular weight is 388 g/mol. The Bertz CT molecular complexity index is 1340. The normalized spacial score (nSPS) is 13.7. The van der Waals surface area contributed by atoms with Crippen LogP contribution in [0.4, 0.5) is 5.69 Å². The number of rotatable bonds is 3. The quantitative estimate of drug-likeness (QED) is 0.491. The molecule has 0 spiro atoms. The largest absolute Gasteiger partial charge is 0.343 e. The molecule has 0 saturated carbocycles. The number of fused-ring (bicyclic) bond motifs is 1. The maximum atomic E-state index is 9.62. The molecule has 4 nitrogen and oxygen atoms in total. The van der Waals surface area contributed by atoms with Gasteiger partial charge in [-0.2, -0.15) is 5.26 Å². The third kappa shape index (κ3) is 3.17. The summed E-state index contributed by atoms with van der Waals surface area (Å²) in [6.45, 7) is 2.76. The van der Waals surface area contributed by atoms with Crippen molar-refractivity contribution in [1.29, 1.82) is 5.26 Å². The van der Waals surface area contributed by atoms with Crippen LogP contribution in [0.15, 0.2) is 85.1 Å². The van der Waals surface area contributed by atoms with Crippen LogP contribution in [0.3, 0.4) is 0 Å². The number of nitrogens with zero attached hydrogens (tertiary/aromatic N) is 3. The van der Waals surface area contributed by atoms with Gasteiger partial charge in [-0.05, 0) is 54.0 Å². The van der Waals surface area contributed by atoms with E-state index in [-0.39, 0.29) is 0 Å². The molecule has 4 aromatic rings. The maximum absolute atomic E-state index is 9.62. The van der Waals surface area contributed by atoms with E-state index < -0.39 is 0 Å². The molecule has 5 rings (SSSR count). The average Bonchev–Trinajstić information content (AvgIpc) is 3.25. The molecule has 1 aliphatic rings. The number of aromatic amines is 1. The second-order valence-corrected chi connectivity index (χ2v) is 7.43. The minimum atomic E-state index is 0.679. The summed E-state index contributed by atoms with van der Waals surface area (Å²) in [7, 11) is 0. The van der Waals surface area contributed by atoms with E-state index in [1.165, 1.54) is 0 Å². The number of aromatic nitrogens is 2. The highest BCUT2D eigenvalue weighted by Gasteiger charge is 2.20. The summed E-state index contributed by atoms with van der Waals surface area (Å²) >= 11 is 0. The van der Waals surface area contributed by atoms with E-state index in [0.717, 1.165) is 44.8 Å². The van der Waals surface area contributed by atoms with Crippen molar-refractivity contribution in [1.82, 2.24) is 9.97 Å². The number of para-hydroxylation sites is 2. The van der Waals surface area contributed by atoms with Crippen LogP contribution in [0.2, 0.25) is 0 Å². The Kier molecular flexibility index (Phi) is 4.42. The summed E-state index contributed by atoms with van der Waals surface area (Å²) < 4.78 is 0. The molecule has 0 radical (unpaired) electrons. The van der Waals surface area contributed by atoms with Gasteiger partial charge < -0.3 is 9.88 Å². The lowest BCUT2D eigenvalue weighted by molar-refractivity contribution is 1.08. The van der Waals surface area contributed by atoms with Gasteiger partial charge in [0, 0.05) is 24.0 Å². The SMILES string of the molecule is Cc1cccc2[nH]c(C3=CN(c4ccccc4)CC(c4ccccc4C#N)=C3)nc12. The van der Waals surface area contributed by atoms with Crippen LogP contribution in [0, 0.1) is 18.3 Å². The Morgan fingerprint density at radius 2 is 1.77 bits per heavy atom. The van der Waals surface area contributed by atoms with Crippen molar-refractivity contribution >= 4 is 27.9 Å². The number of hydrogen-bond donors (Lipinski definition) is 1. The highest BCUT2D eigenvalue weighted by molar-refractivity contribution is 5.91. The first-order chi connectivity index (χ1) is 14.7. The molecule has 0 aliphatic carbocycles. The lowest BCUT2D eigenvalue weighted by Crippen LogP contribution is -2.22. The minimum Gasteiger partial charge on any atom is -0.343 e. The van der Waals surface area contributed by atoms with Crippen molar-refractivity contribution in [2.45, 2.75) is 6.92 Å². The molecule has 0 fully saturated rings. The standard InChI is InChI=1S/C26H20N4/c1-18-8-7-13-24-25(18)29-26(28-24)21-14-20(23-12-6-5-9-19(23)15-27)16-30(17-21)22-10-3-2-4-11-22/h2-14,17H,16H2,1H3,(H,28,29). The summed E-state index contributed by atoms with van der Waals surface area (Å²) in [6, 6.07) is 26.5. The molecule has 0 amide bonds. The molecular formula is C26H20N4. The zero-order valence-corrected chi connectivity index (χ0v) is 16.6. The Balaban J connectivity index is 1.67. The summed E-state index contributed by atoms with van der Waals surface area (Å²) in [6.07, 6.45) is 4.27. The second kappa shape index (κ2) is 7.38. The monoisotopic (exact) mass is 388 g/mol. The lowest BCUT2D eigenvalue weighted by atomic mass is 9.95. The number of imidazole rings is 1. The van der Waals surface area contributed by atoms with Gasteiger partial charge in [0.1, 0.15) is 5.82 Å². The fourth-order valence-corrected chi connectivity index (χ4v) is 3.92. The number of anilines is 1. The van der Waals surface area contributed by atoms with Crippen molar-refractivity contribution in [3.8, 4) is 6.07 Å². The van der Waals surface area contributed by atoms with Gasteiger partial charge in [-0.25, -0.2) is 4.98 Å². The summed E-state index contributed by atoms with van der Waals surface area (Å²) in [5.74, 6) is 0.826. The van der Waals surface area contributed by atoms with Gasteiger partial charge >= 0.3 is 0 Å². The molecule has 0 atom stereocenters. The highest BCUT2D eigenvalue weighted by atomic mass is 15.1. The van der Waals surface area contributed by atoms with Gasteiger partial charge in [-0.3, -0.25) is 0 Å². The van der Waals surface area contributed by atoms with Gasteiger partial charge in [0.05, 0.1) is 22.7 Å². The number of H-pyrrole nitrogens is 1. The molecule has 3 aromatic carbocycles. The van der Waals surface area contributed by atoms with Crippen molar-refractivity contribution in [2.24, 2.45) is 0 Å². The predicted octanol–water partition coefficient (Wildman–Crippen LogP) is 5.69. The van der Waals surface area contributed by atoms with E-state index in [9.17, 15) is 5.26 Å². The van der Waals surface area contributed by atoms with Gasteiger partial charge in [0.15, 0.2) is 0 Å². The maximum Gasteiger partial charge on any atom is 0.139 e. The molecule has 0 unspecified atom stereocenters. The third-order valence-corrected chi connectivity index (χ3v) is 5.43. The van der Waals surface area contributed by atoms with Gasteiger partial charge in [0.2, 0.25) is 0 Å². The van der Waals surface area contributed by atoms with Crippen molar-refractivity contribution in [3.63, 3.8) is 0 Å². The first-order valence-electron chi connectivity index (χ1n) is 9.92. The molecule has 0 bridgehead atoms. The number of allylic oxidation sites excluding steroid dienone is 2. The topological polar surface area (TPSA) is 55.7 Å². The number of hydrogen-bond acceptors (Lipinski definition) is 3. The minimum absolute atomic E-state index is 0.679. The fourth-order valence-electron chi connectivity index (χ4n) is 3.92. The Labute approximate surface area is 175 Å². The van der Waals surface area contributed by atoms with E-state index in [1.807, 2.05) is 54.6 Å². The number of nitrogens with one attached hydrogen (secondary N) is 1. The van der Waals surface area contributed by atoms with Crippen LogP contribution < -0.4 is 4.90 Å². The fraction of sp³-hybridized carbons (Fsp3) is 0.0769. The molecule has 1 N–H and O–H groups in total. The van der Waals surface area contributed by atoms with Crippen molar-refractivity contribution < 1.29 is 0 Å². The summed E-state index contributed by atoms with van der Waals surface area (Å²) in [5.41, 5.74) is 7.96. The van der Waals surface area contributed by atoms with Crippen molar-refractivity contribution in [3.05, 3.63) is 108 Å². The number of aryl methyl sites for hydroxylation is 1.